The van der Waals surface area contributed by atoms with Gasteiger partial charge in [-0.05, 0) is 42.7 Å². The molecule has 2 aromatic rings. The van der Waals surface area contributed by atoms with Crippen molar-refractivity contribution in [1.29, 1.82) is 0 Å². The number of esters is 1. The van der Waals surface area contributed by atoms with Crippen molar-refractivity contribution in [2.75, 3.05) is 25.5 Å². The molecule has 164 valence electrons. The molecule has 7 nitrogen and oxygen atoms in total. The number of para-hydroxylation sites is 1. The van der Waals surface area contributed by atoms with E-state index in [0.29, 0.717) is 30.2 Å². The van der Waals surface area contributed by atoms with Crippen LogP contribution >= 0.6 is 11.6 Å². The maximum Gasteiger partial charge on any atom is 0.321 e. The summed E-state index contributed by atoms with van der Waals surface area (Å²) in [7, 11) is 1.31. The van der Waals surface area contributed by atoms with Crippen molar-refractivity contribution in [2.24, 2.45) is 5.92 Å². The van der Waals surface area contributed by atoms with Crippen LogP contribution < -0.4 is 10.6 Å². The van der Waals surface area contributed by atoms with Gasteiger partial charge >= 0.3 is 12.0 Å². The summed E-state index contributed by atoms with van der Waals surface area (Å²) in [5.74, 6) is -0.975. The van der Waals surface area contributed by atoms with Crippen molar-refractivity contribution in [3.05, 3.63) is 65.2 Å². The number of ether oxygens (including phenoxy) is 1. The van der Waals surface area contributed by atoms with Gasteiger partial charge in [0.25, 0.3) is 0 Å². The number of halogens is 1. The third kappa shape index (κ3) is 6.46. The molecule has 2 aromatic carbocycles. The molecule has 1 heterocycles. The SMILES string of the molecule is COC(=O)C[C@H](NC(=O)[C@H]1CCCN(C(=O)Nc2ccccc2)C1)c1ccc(Cl)cc1. The van der Waals surface area contributed by atoms with Crippen molar-refractivity contribution in [3.8, 4) is 0 Å². The molecule has 1 saturated heterocycles. The number of methoxy groups -OCH3 is 1. The lowest BCUT2D eigenvalue weighted by Gasteiger charge is -2.33. The van der Waals surface area contributed by atoms with Gasteiger partial charge in [-0.1, -0.05) is 41.9 Å². The first-order valence-corrected chi connectivity index (χ1v) is 10.6. The third-order valence-electron chi connectivity index (χ3n) is 5.29. The van der Waals surface area contributed by atoms with Gasteiger partial charge < -0.3 is 20.3 Å². The van der Waals surface area contributed by atoms with E-state index in [9.17, 15) is 14.4 Å². The number of rotatable bonds is 6. The number of carbonyl (C=O) groups is 3. The Hall–Kier alpha value is -3.06. The van der Waals surface area contributed by atoms with E-state index in [-0.39, 0.29) is 24.3 Å². The monoisotopic (exact) mass is 443 g/mol. The second-order valence-electron chi connectivity index (χ2n) is 7.47. The van der Waals surface area contributed by atoms with Gasteiger partial charge in [-0.3, -0.25) is 9.59 Å². The molecule has 2 N–H and O–H groups in total. The van der Waals surface area contributed by atoms with Crippen LogP contribution in [0.5, 0.6) is 0 Å². The number of amides is 3. The summed E-state index contributed by atoms with van der Waals surface area (Å²) in [5.41, 5.74) is 1.47. The van der Waals surface area contributed by atoms with E-state index >= 15 is 0 Å². The van der Waals surface area contributed by atoms with Crippen molar-refractivity contribution in [1.82, 2.24) is 10.2 Å². The van der Waals surface area contributed by atoms with Gasteiger partial charge in [-0.15, -0.1) is 0 Å². The molecule has 3 rings (SSSR count). The summed E-state index contributed by atoms with van der Waals surface area (Å²) in [4.78, 5) is 39.1. The fourth-order valence-corrected chi connectivity index (χ4v) is 3.71. The molecule has 0 spiro atoms. The van der Waals surface area contributed by atoms with Gasteiger partial charge in [-0.25, -0.2) is 4.79 Å². The van der Waals surface area contributed by atoms with E-state index in [4.69, 9.17) is 16.3 Å². The predicted molar refractivity (Wildman–Crippen MR) is 119 cm³/mol. The number of carbonyl (C=O) groups excluding carboxylic acids is 3. The van der Waals surface area contributed by atoms with Gasteiger partial charge in [0.2, 0.25) is 5.91 Å². The summed E-state index contributed by atoms with van der Waals surface area (Å²) in [6.45, 7) is 0.904. The Balaban J connectivity index is 1.64. The van der Waals surface area contributed by atoms with Crippen molar-refractivity contribution < 1.29 is 19.1 Å². The minimum atomic E-state index is -0.536. The number of urea groups is 1. The molecule has 31 heavy (non-hydrogen) atoms. The summed E-state index contributed by atoms with van der Waals surface area (Å²) in [5, 5.41) is 6.38. The summed E-state index contributed by atoms with van der Waals surface area (Å²) in [6.07, 6.45) is 1.41. The molecule has 0 bridgehead atoms. The normalized spacial score (nSPS) is 16.8. The third-order valence-corrected chi connectivity index (χ3v) is 5.54. The lowest BCUT2D eigenvalue weighted by molar-refractivity contribution is -0.141. The Kier molecular flexibility index (Phi) is 7.89. The number of benzene rings is 2. The standard InChI is InChI=1S/C23H26ClN3O4/c1-31-21(28)14-20(16-9-11-18(24)12-10-16)26-22(29)17-6-5-13-27(15-17)23(30)25-19-7-3-2-4-8-19/h2-4,7-12,17,20H,5-6,13-15H2,1H3,(H,25,30)(H,26,29)/t17-,20-/m0/s1. The summed E-state index contributed by atoms with van der Waals surface area (Å²) in [6, 6.07) is 15.4. The molecule has 1 aliphatic heterocycles. The van der Waals surface area contributed by atoms with Crippen molar-refractivity contribution in [2.45, 2.75) is 25.3 Å². The molecule has 8 heteroatoms. The second-order valence-corrected chi connectivity index (χ2v) is 7.91. The predicted octanol–water partition coefficient (Wildman–Crippen LogP) is 4.00. The minimum Gasteiger partial charge on any atom is -0.469 e. The molecular weight excluding hydrogens is 418 g/mol. The lowest BCUT2D eigenvalue weighted by atomic mass is 9.95. The van der Waals surface area contributed by atoms with Gasteiger partial charge in [-0.2, -0.15) is 0 Å². The molecule has 0 unspecified atom stereocenters. The second kappa shape index (κ2) is 10.8. The van der Waals surface area contributed by atoms with E-state index < -0.39 is 12.0 Å². The van der Waals surface area contributed by atoms with Crippen LogP contribution in [0.4, 0.5) is 10.5 Å². The minimum absolute atomic E-state index is 0.00873. The summed E-state index contributed by atoms with van der Waals surface area (Å²) < 4.78 is 4.78. The van der Waals surface area contributed by atoms with Crippen LogP contribution in [-0.4, -0.2) is 43.0 Å². The Labute approximate surface area is 186 Å². The first-order chi connectivity index (χ1) is 15.0. The van der Waals surface area contributed by atoms with Crippen LogP contribution in [-0.2, 0) is 14.3 Å². The fourth-order valence-electron chi connectivity index (χ4n) is 3.59. The van der Waals surface area contributed by atoms with Crippen LogP contribution in [0.3, 0.4) is 0 Å². The van der Waals surface area contributed by atoms with Crippen molar-refractivity contribution in [3.63, 3.8) is 0 Å². The van der Waals surface area contributed by atoms with E-state index in [1.165, 1.54) is 7.11 Å². The summed E-state index contributed by atoms with van der Waals surface area (Å²) >= 11 is 5.96. The van der Waals surface area contributed by atoms with Crippen LogP contribution in [0.1, 0.15) is 30.9 Å². The highest BCUT2D eigenvalue weighted by atomic mass is 35.5. The number of hydrogen-bond donors (Lipinski definition) is 2. The van der Waals surface area contributed by atoms with E-state index in [1.807, 2.05) is 30.3 Å². The average molecular weight is 444 g/mol. The van der Waals surface area contributed by atoms with Crippen LogP contribution in [0.2, 0.25) is 5.02 Å². The van der Waals surface area contributed by atoms with Gasteiger partial charge in [0.05, 0.1) is 25.5 Å². The van der Waals surface area contributed by atoms with Gasteiger partial charge in [0.1, 0.15) is 0 Å². The van der Waals surface area contributed by atoms with Crippen molar-refractivity contribution >= 4 is 35.2 Å². The maximum absolute atomic E-state index is 13.0. The number of nitrogens with zero attached hydrogens (tertiary/aromatic N) is 1. The lowest BCUT2D eigenvalue weighted by Crippen LogP contribution is -2.47. The highest BCUT2D eigenvalue weighted by molar-refractivity contribution is 6.30. The van der Waals surface area contributed by atoms with E-state index in [0.717, 1.165) is 12.0 Å². The number of piperidine rings is 1. The molecule has 0 radical (unpaired) electrons. The topological polar surface area (TPSA) is 87.7 Å². The van der Waals surface area contributed by atoms with Gasteiger partial charge in [0, 0.05) is 23.8 Å². The Bertz CT molecular complexity index is 905. The fraction of sp³-hybridized carbons (Fsp3) is 0.348. The number of anilines is 1. The number of likely N-dealkylation sites (tertiary alicyclic amines) is 1. The molecule has 0 saturated carbocycles. The van der Waals surface area contributed by atoms with E-state index in [1.54, 1.807) is 29.2 Å². The van der Waals surface area contributed by atoms with Crippen LogP contribution in [0.25, 0.3) is 0 Å². The maximum atomic E-state index is 13.0. The largest absolute Gasteiger partial charge is 0.469 e. The Morgan fingerprint density at radius 3 is 2.52 bits per heavy atom. The molecule has 1 aliphatic rings. The van der Waals surface area contributed by atoms with Crippen LogP contribution in [0, 0.1) is 5.92 Å². The smallest absolute Gasteiger partial charge is 0.321 e. The molecule has 1 fully saturated rings. The zero-order valence-corrected chi connectivity index (χ0v) is 18.1. The molecule has 2 atom stereocenters. The molecule has 0 aromatic heterocycles. The van der Waals surface area contributed by atoms with Crippen LogP contribution in [0.15, 0.2) is 54.6 Å². The zero-order valence-electron chi connectivity index (χ0n) is 17.3. The van der Waals surface area contributed by atoms with Gasteiger partial charge in [0.15, 0.2) is 0 Å². The average Bonchev–Trinajstić information content (AvgIpc) is 2.79. The van der Waals surface area contributed by atoms with E-state index in [2.05, 4.69) is 10.6 Å². The zero-order chi connectivity index (χ0) is 22.2. The molecule has 0 aliphatic carbocycles. The molecular formula is C23H26ClN3O4. The quantitative estimate of drug-likeness (QED) is 0.660. The highest BCUT2D eigenvalue weighted by Gasteiger charge is 2.30. The molecule has 3 amide bonds. The number of nitrogens with one attached hydrogen (secondary N) is 2. The number of hydrogen-bond acceptors (Lipinski definition) is 4. The Morgan fingerprint density at radius 2 is 1.84 bits per heavy atom. The first-order valence-electron chi connectivity index (χ1n) is 10.2. The Morgan fingerprint density at radius 1 is 1.13 bits per heavy atom. The first kappa shape index (κ1) is 22.6. The highest BCUT2D eigenvalue weighted by Crippen LogP contribution is 2.23.